The van der Waals surface area contributed by atoms with Crippen LogP contribution < -0.4 is 5.23 Å². The first kappa shape index (κ1) is 9.19. The van der Waals surface area contributed by atoms with Crippen LogP contribution in [-0.2, 0) is 11.4 Å². The molecule has 0 aromatic heterocycles. The van der Waals surface area contributed by atoms with Crippen LogP contribution in [0, 0.1) is 12.1 Å². The molecule has 1 atom stereocenters. The first-order chi connectivity index (χ1) is 5.72. The molecule has 0 radical (unpaired) electrons. The van der Waals surface area contributed by atoms with Crippen molar-refractivity contribution in [3.05, 3.63) is 40.6 Å². The summed E-state index contributed by atoms with van der Waals surface area (Å²) in [6.45, 7) is 2.36. The summed E-state index contributed by atoms with van der Waals surface area (Å²) in [5, 5.41) is 10.7. The van der Waals surface area contributed by atoms with E-state index in [2.05, 4.69) is 4.84 Å². The predicted octanol–water partition coefficient (Wildman–Crippen LogP) is 0.439. The topological polar surface area (TPSA) is 36.7 Å². The molecule has 0 spiro atoms. The van der Waals surface area contributed by atoms with E-state index >= 15 is 0 Å². The predicted molar refractivity (Wildman–Crippen MR) is 46.2 cm³/mol. The summed E-state index contributed by atoms with van der Waals surface area (Å²) in [7, 11) is 1.40. The molecule has 0 bridgehead atoms. The summed E-state index contributed by atoms with van der Waals surface area (Å²) >= 11 is 0. The Labute approximate surface area is 72.1 Å². The second-order valence-electron chi connectivity index (χ2n) is 2.74. The monoisotopic (exact) mass is 167 g/mol. The molecule has 66 valence electrons. The van der Waals surface area contributed by atoms with Crippen molar-refractivity contribution in [3.8, 4) is 0 Å². The zero-order valence-electron chi connectivity index (χ0n) is 7.33. The maximum atomic E-state index is 10.9. The van der Waals surface area contributed by atoms with Gasteiger partial charge in [0.15, 0.2) is 0 Å². The van der Waals surface area contributed by atoms with Gasteiger partial charge in [0.05, 0.1) is 7.11 Å². The second kappa shape index (κ2) is 4.21. The number of nitrogens with one attached hydrogen (secondary N) is 1. The van der Waals surface area contributed by atoms with Gasteiger partial charge in [-0.15, -0.1) is 0 Å². The molecular formula is C9H13NO2. The third-order valence-electron chi connectivity index (χ3n) is 1.66. The van der Waals surface area contributed by atoms with Gasteiger partial charge < -0.3 is 5.21 Å². The van der Waals surface area contributed by atoms with Gasteiger partial charge in [-0.2, -0.15) is 0 Å². The van der Waals surface area contributed by atoms with E-state index in [0.717, 1.165) is 11.1 Å². The van der Waals surface area contributed by atoms with Crippen LogP contribution in [0.5, 0.6) is 0 Å². The zero-order chi connectivity index (χ0) is 8.97. The average Bonchev–Trinajstić information content (AvgIpc) is 2.04. The molecule has 0 amide bonds. The first-order valence-corrected chi connectivity index (χ1v) is 3.84. The van der Waals surface area contributed by atoms with E-state index in [1.54, 1.807) is 0 Å². The van der Waals surface area contributed by atoms with Gasteiger partial charge in [0.2, 0.25) is 0 Å². The molecule has 3 heteroatoms. The lowest BCUT2D eigenvalue weighted by atomic mass is 10.1. The summed E-state index contributed by atoms with van der Waals surface area (Å²) in [6.07, 6.45) is 0. The van der Waals surface area contributed by atoms with E-state index in [9.17, 15) is 5.21 Å². The second-order valence-corrected chi connectivity index (χ2v) is 2.74. The third-order valence-corrected chi connectivity index (χ3v) is 1.66. The van der Waals surface area contributed by atoms with Gasteiger partial charge in [0.25, 0.3) is 0 Å². The zero-order valence-corrected chi connectivity index (χ0v) is 7.33. The van der Waals surface area contributed by atoms with Crippen molar-refractivity contribution in [2.24, 2.45) is 0 Å². The fourth-order valence-corrected chi connectivity index (χ4v) is 1.06. The van der Waals surface area contributed by atoms with Gasteiger partial charge >= 0.3 is 0 Å². The Morgan fingerprint density at radius 3 is 2.83 bits per heavy atom. The van der Waals surface area contributed by atoms with Crippen LogP contribution in [0.2, 0.25) is 0 Å². The number of hydrogen-bond acceptors (Lipinski definition) is 2. The van der Waals surface area contributed by atoms with Crippen molar-refractivity contribution in [2.45, 2.75) is 13.5 Å². The van der Waals surface area contributed by atoms with E-state index in [1.807, 2.05) is 31.2 Å². The molecule has 12 heavy (non-hydrogen) atoms. The van der Waals surface area contributed by atoms with Gasteiger partial charge in [-0.05, 0) is 6.92 Å². The minimum atomic E-state index is -0.194. The fourth-order valence-electron chi connectivity index (χ4n) is 1.06. The first-order valence-electron chi connectivity index (χ1n) is 3.84. The Bertz CT molecular complexity index is 250. The molecule has 1 N–H and O–H groups in total. The third kappa shape index (κ3) is 2.62. The van der Waals surface area contributed by atoms with Gasteiger partial charge in [-0.3, -0.25) is 0 Å². The van der Waals surface area contributed by atoms with Gasteiger partial charge in [0, 0.05) is 5.56 Å². The normalized spacial score (nSPS) is 12.9. The molecule has 0 fully saturated rings. The van der Waals surface area contributed by atoms with Crippen molar-refractivity contribution >= 4 is 0 Å². The smallest absolute Gasteiger partial charge is 0.132 e. The minimum Gasteiger partial charge on any atom is -0.600 e. The van der Waals surface area contributed by atoms with Crippen LogP contribution in [0.4, 0.5) is 0 Å². The molecule has 1 rings (SSSR count). The summed E-state index contributed by atoms with van der Waals surface area (Å²) in [5.41, 5.74) is 2.17. The average molecular weight is 167 g/mol. The summed E-state index contributed by atoms with van der Waals surface area (Å²) in [4.78, 5) is 4.56. The van der Waals surface area contributed by atoms with Crippen molar-refractivity contribution in [1.82, 2.24) is 0 Å². The van der Waals surface area contributed by atoms with E-state index in [4.69, 9.17) is 0 Å². The maximum absolute atomic E-state index is 10.9. The van der Waals surface area contributed by atoms with Crippen LogP contribution in [0.3, 0.4) is 0 Å². The van der Waals surface area contributed by atoms with Crippen LogP contribution in [0.25, 0.3) is 0 Å². The lowest BCUT2D eigenvalue weighted by Crippen LogP contribution is -3.04. The van der Waals surface area contributed by atoms with E-state index < -0.39 is 0 Å². The Balaban J connectivity index is 2.63. The number of hydrogen-bond donors (Lipinski definition) is 1. The molecule has 1 aromatic carbocycles. The number of aryl methyl sites for hydroxylation is 1. The van der Waals surface area contributed by atoms with E-state index in [0.29, 0.717) is 6.54 Å². The summed E-state index contributed by atoms with van der Waals surface area (Å²) < 4.78 is 0. The largest absolute Gasteiger partial charge is 0.600 e. The van der Waals surface area contributed by atoms with Gasteiger partial charge in [-0.1, -0.05) is 29.8 Å². The Morgan fingerprint density at radius 2 is 2.25 bits per heavy atom. The van der Waals surface area contributed by atoms with E-state index in [-0.39, 0.29) is 5.23 Å². The molecule has 1 unspecified atom stereocenters. The molecule has 0 aliphatic heterocycles. The molecule has 0 aliphatic rings. The quantitative estimate of drug-likeness (QED) is 0.663. The Morgan fingerprint density at radius 1 is 1.50 bits per heavy atom. The molecule has 0 saturated carbocycles. The molecule has 3 nitrogen and oxygen atoms in total. The highest BCUT2D eigenvalue weighted by Crippen LogP contribution is 2.01. The van der Waals surface area contributed by atoms with Gasteiger partial charge in [-0.25, -0.2) is 10.1 Å². The molecule has 0 aliphatic carbocycles. The van der Waals surface area contributed by atoms with Crippen molar-refractivity contribution in [1.29, 1.82) is 0 Å². The maximum Gasteiger partial charge on any atom is 0.132 e. The highest BCUT2D eigenvalue weighted by molar-refractivity contribution is 5.21. The Kier molecular flexibility index (Phi) is 3.22. The number of rotatable bonds is 3. The Hall–Kier alpha value is -0.900. The fraction of sp³-hybridized carbons (Fsp3) is 0.333. The highest BCUT2D eigenvalue weighted by Gasteiger charge is 1.97. The molecule has 1 aromatic rings. The lowest BCUT2D eigenvalue weighted by molar-refractivity contribution is -1.06. The number of benzene rings is 1. The van der Waals surface area contributed by atoms with Crippen LogP contribution in [-0.4, -0.2) is 7.11 Å². The van der Waals surface area contributed by atoms with Crippen LogP contribution in [0.1, 0.15) is 11.1 Å². The lowest BCUT2D eigenvalue weighted by Gasteiger charge is -2.17. The van der Waals surface area contributed by atoms with Crippen LogP contribution >= 0.6 is 0 Å². The SMILES string of the molecule is CO[NH+]([O-])Cc1cccc(C)c1. The molecule has 0 saturated heterocycles. The highest BCUT2D eigenvalue weighted by atomic mass is 16.9. The summed E-state index contributed by atoms with van der Waals surface area (Å²) in [6, 6.07) is 7.84. The number of quaternary nitrogens is 1. The molecule has 0 heterocycles. The van der Waals surface area contributed by atoms with Crippen molar-refractivity contribution in [3.63, 3.8) is 0 Å². The standard InChI is InChI=1S/C9H13NO2/c1-8-4-3-5-9(6-8)7-10(11)12-2/h3-6,10H,7H2,1-2H3. The van der Waals surface area contributed by atoms with E-state index in [1.165, 1.54) is 7.11 Å². The van der Waals surface area contributed by atoms with Crippen molar-refractivity contribution in [2.75, 3.05) is 7.11 Å². The van der Waals surface area contributed by atoms with Crippen molar-refractivity contribution < 1.29 is 10.1 Å². The molecular weight excluding hydrogens is 154 g/mol. The van der Waals surface area contributed by atoms with Gasteiger partial charge in [0.1, 0.15) is 6.54 Å². The number of hydroxylamine groups is 2. The summed E-state index contributed by atoms with van der Waals surface area (Å²) in [5.74, 6) is 0. The van der Waals surface area contributed by atoms with Crippen LogP contribution in [0.15, 0.2) is 24.3 Å². The minimum absolute atomic E-state index is 0.194.